The van der Waals surface area contributed by atoms with Crippen LogP contribution in [0.1, 0.15) is 25.7 Å². The minimum Gasteiger partial charge on any atom is -0.374 e. The Morgan fingerprint density at radius 2 is 2.08 bits per heavy atom. The first kappa shape index (κ1) is 9.75. The molecule has 70 valence electrons. The lowest BCUT2D eigenvalue weighted by Gasteiger charge is -2.27. The third-order valence-electron chi connectivity index (χ3n) is 2.53. The molecule has 1 fully saturated rings. The summed E-state index contributed by atoms with van der Waals surface area (Å²) in [6, 6.07) is 0.716. The fourth-order valence-corrected chi connectivity index (χ4v) is 1.72. The van der Waals surface area contributed by atoms with Crippen LogP contribution in [0.3, 0.4) is 0 Å². The van der Waals surface area contributed by atoms with E-state index in [1.165, 1.54) is 25.7 Å². The van der Waals surface area contributed by atoms with Gasteiger partial charge >= 0.3 is 0 Å². The van der Waals surface area contributed by atoms with Crippen molar-refractivity contribution < 1.29 is 4.74 Å². The van der Waals surface area contributed by atoms with Crippen LogP contribution < -0.4 is 5.32 Å². The zero-order valence-electron chi connectivity index (χ0n) is 7.88. The SMILES string of the molecule is C=CCOC1CCC(NC)CC1. The van der Waals surface area contributed by atoms with Gasteiger partial charge in [-0.25, -0.2) is 0 Å². The zero-order valence-corrected chi connectivity index (χ0v) is 7.88. The molecule has 1 aliphatic carbocycles. The predicted molar refractivity (Wildman–Crippen MR) is 51.3 cm³/mol. The van der Waals surface area contributed by atoms with Gasteiger partial charge in [0.1, 0.15) is 0 Å². The molecule has 0 aromatic carbocycles. The molecular weight excluding hydrogens is 150 g/mol. The Morgan fingerprint density at radius 1 is 1.42 bits per heavy atom. The van der Waals surface area contributed by atoms with Crippen LogP contribution >= 0.6 is 0 Å². The second-order valence-electron chi connectivity index (χ2n) is 3.38. The molecule has 1 rings (SSSR count). The molecule has 0 aliphatic heterocycles. The molecule has 2 nitrogen and oxygen atoms in total. The van der Waals surface area contributed by atoms with Gasteiger partial charge in [-0.2, -0.15) is 0 Å². The number of hydrogen-bond acceptors (Lipinski definition) is 2. The van der Waals surface area contributed by atoms with Gasteiger partial charge in [-0.3, -0.25) is 0 Å². The first-order chi connectivity index (χ1) is 5.86. The van der Waals surface area contributed by atoms with E-state index >= 15 is 0 Å². The maximum absolute atomic E-state index is 5.58. The van der Waals surface area contributed by atoms with Gasteiger partial charge in [0.15, 0.2) is 0 Å². The topological polar surface area (TPSA) is 21.3 Å². The van der Waals surface area contributed by atoms with Crippen LogP contribution in [-0.4, -0.2) is 25.8 Å². The van der Waals surface area contributed by atoms with E-state index in [1.807, 2.05) is 13.1 Å². The fraction of sp³-hybridized carbons (Fsp3) is 0.800. The van der Waals surface area contributed by atoms with Crippen LogP contribution in [0.25, 0.3) is 0 Å². The third-order valence-corrected chi connectivity index (χ3v) is 2.53. The third kappa shape index (κ3) is 2.95. The van der Waals surface area contributed by atoms with Crippen molar-refractivity contribution in [2.24, 2.45) is 0 Å². The van der Waals surface area contributed by atoms with Gasteiger partial charge in [0.05, 0.1) is 12.7 Å². The molecule has 1 saturated carbocycles. The van der Waals surface area contributed by atoms with Crippen LogP contribution in [0.4, 0.5) is 0 Å². The molecule has 1 N–H and O–H groups in total. The molecule has 0 bridgehead atoms. The molecule has 0 aromatic heterocycles. The van der Waals surface area contributed by atoms with Crippen molar-refractivity contribution in [3.63, 3.8) is 0 Å². The van der Waals surface area contributed by atoms with Crippen molar-refractivity contribution in [3.8, 4) is 0 Å². The Morgan fingerprint density at radius 3 is 2.58 bits per heavy atom. The molecule has 0 spiro atoms. The number of rotatable bonds is 4. The Balaban J connectivity index is 2.12. The summed E-state index contributed by atoms with van der Waals surface area (Å²) >= 11 is 0. The highest BCUT2D eigenvalue weighted by Crippen LogP contribution is 2.20. The van der Waals surface area contributed by atoms with Crippen LogP contribution in [-0.2, 0) is 4.74 Å². The molecule has 0 amide bonds. The standard InChI is InChI=1S/C10H19NO/c1-3-8-12-10-6-4-9(11-2)5-7-10/h3,9-11H,1,4-8H2,2H3. The minimum atomic E-state index is 0.479. The highest BCUT2D eigenvalue weighted by atomic mass is 16.5. The Kier molecular flexibility index (Phi) is 4.33. The first-order valence-electron chi connectivity index (χ1n) is 4.76. The van der Waals surface area contributed by atoms with Crippen LogP contribution in [0, 0.1) is 0 Å². The molecular formula is C10H19NO. The van der Waals surface area contributed by atoms with E-state index in [-0.39, 0.29) is 0 Å². The lowest BCUT2D eigenvalue weighted by molar-refractivity contribution is 0.0404. The molecule has 1 aliphatic rings. The van der Waals surface area contributed by atoms with E-state index in [4.69, 9.17) is 4.74 Å². The lowest BCUT2D eigenvalue weighted by atomic mass is 9.93. The van der Waals surface area contributed by atoms with Crippen molar-refractivity contribution in [2.45, 2.75) is 37.8 Å². The van der Waals surface area contributed by atoms with Gasteiger partial charge in [-0.05, 0) is 32.7 Å². The van der Waals surface area contributed by atoms with Gasteiger partial charge in [-0.15, -0.1) is 6.58 Å². The number of nitrogens with one attached hydrogen (secondary N) is 1. The quantitative estimate of drug-likeness (QED) is 0.647. The summed E-state index contributed by atoms with van der Waals surface area (Å²) in [6.07, 6.45) is 7.19. The van der Waals surface area contributed by atoms with Gasteiger partial charge in [0.25, 0.3) is 0 Å². The van der Waals surface area contributed by atoms with E-state index in [0.29, 0.717) is 18.8 Å². The summed E-state index contributed by atoms with van der Waals surface area (Å²) in [5.74, 6) is 0. The first-order valence-corrected chi connectivity index (χ1v) is 4.76. The summed E-state index contributed by atoms with van der Waals surface area (Å²) in [4.78, 5) is 0. The van der Waals surface area contributed by atoms with Gasteiger partial charge in [-0.1, -0.05) is 6.08 Å². The summed E-state index contributed by atoms with van der Waals surface area (Å²) in [6.45, 7) is 4.34. The molecule has 0 radical (unpaired) electrons. The summed E-state index contributed by atoms with van der Waals surface area (Å²) in [5.41, 5.74) is 0. The van der Waals surface area contributed by atoms with Crippen molar-refractivity contribution in [2.75, 3.05) is 13.7 Å². The summed E-state index contributed by atoms with van der Waals surface area (Å²) in [7, 11) is 2.04. The smallest absolute Gasteiger partial charge is 0.0648 e. The Hall–Kier alpha value is -0.340. The average molecular weight is 169 g/mol. The van der Waals surface area contributed by atoms with Crippen LogP contribution in [0.15, 0.2) is 12.7 Å². The van der Waals surface area contributed by atoms with E-state index < -0.39 is 0 Å². The maximum atomic E-state index is 5.58. The molecule has 0 heterocycles. The van der Waals surface area contributed by atoms with E-state index in [1.54, 1.807) is 0 Å². The van der Waals surface area contributed by atoms with Gasteiger partial charge < -0.3 is 10.1 Å². The predicted octanol–water partition coefficient (Wildman–Crippen LogP) is 1.72. The highest BCUT2D eigenvalue weighted by molar-refractivity contribution is 4.77. The molecule has 12 heavy (non-hydrogen) atoms. The lowest BCUT2D eigenvalue weighted by Crippen LogP contribution is -2.32. The number of hydrogen-bond donors (Lipinski definition) is 1. The second-order valence-corrected chi connectivity index (χ2v) is 3.38. The summed E-state index contributed by atoms with van der Waals surface area (Å²) in [5, 5.41) is 3.30. The molecule has 0 aromatic rings. The van der Waals surface area contributed by atoms with E-state index in [9.17, 15) is 0 Å². The maximum Gasteiger partial charge on any atom is 0.0648 e. The van der Waals surface area contributed by atoms with Crippen molar-refractivity contribution in [1.82, 2.24) is 5.32 Å². The van der Waals surface area contributed by atoms with Crippen molar-refractivity contribution in [1.29, 1.82) is 0 Å². The fourth-order valence-electron chi connectivity index (χ4n) is 1.72. The molecule has 2 heteroatoms. The molecule has 0 saturated heterocycles. The van der Waals surface area contributed by atoms with E-state index in [0.717, 1.165) is 0 Å². The molecule has 0 unspecified atom stereocenters. The van der Waals surface area contributed by atoms with Gasteiger partial charge in [0, 0.05) is 6.04 Å². The summed E-state index contributed by atoms with van der Waals surface area (Å²) < 4.78 is 5.58. The van der Waals surface area contributed by atoms with Crippen molar-refractivity contribution in [3.05, 3.63) is 12.7 Å². The Bertz CT molecular complexity index is 128. The van der Waals surface area contributed by atoms with Crippen LogP contribution in [0.5, 0.6) is 0 Å². The monoisotopic (exact) mass is 169 g/mol. The largest absolute Gasteiger partial charge is 0.374 e. The number of ether oxygens (including phenoxy) is 1. The second kappa shape index (κ2) is 5.33. The van der Waals surface area contributed by atoms with Crippen molar-refractivity contribution >= 4 is 0 Å². The Labute approximate surface area is 75.0 Å². The van der Waals surface area contributed by atoms with Crippen LogP contribution in [0.2, 0.25) is 0 Å². The normalized spacial score (nSPS) is 30.1. The zero-order chi connectivity index (χ0) is 8.81. The minimum absolute atomic E-state index is 0.479. The van der Waals surface area contributed by atoms with Gasteiger partial charge in [0.2, 0.25) is 0 Å². The molecule has 0 atom stereocenters. The highest BCUT2D eigenvalue weighted by Gasteiger charge is 2.19. The van der Waals surface area contributed by atoms with E-state index in [2.05, 4.69) is 11.9 Å². The average Bonchev–Trinajstić information content (AvgIpc) is 2.15.